The Labute approximate surface area is 150 Å². The van der Waals surface area contributed by atoms with E-state index in [0.717, 1.165) is 36.7 Å². The molecule has 0 aliphatic carbocycles. The van der Waals surface area contributed by atoms with Crippen molar-refractivity contribution < 1.29 is 9.52 Å². The summed E-state index contributed by atoms with van der Waals surface area (Å²) in [5.41, 5.74) is 1.14. The maximum absolute atomic E-state index is 9.42. The fraction of sp³-hybridized carbons (Fsp3) is 0.333. The predicted octanol–water partition coefficient (Wildman–Crippen LogP) is 3.39. The number of aromatic nitrogens is 2. The standard InChI is InChI=1S/C18H20N4O2S/c1-13(17-19-20-18(24-17)16-3-2-12-25-16)21-8-10-22(11-9-21)14-4-6-15(23)7-5-14/h2-7,12-13,23H,8-11H2,1H3. The molecule has 0 radical (unpaired) electrons. The number of hydrogen-bond donors (Lipinski definition) is 1. The van der Waals surface area contributed by atoms with Gasteiger partial charge in [0.05, 0.1) is 10.9 Å². The highest BCUT2D eigenvalue weighted by atomic mass is 32.1. The van der Waals surface area contributed by atoms with Crippen molar-refractivity contribution in [2.24, 2.45) is 0 Å². The van der Waals surface area contributed by atoms with Crippen LogP contribution in [0.15, 0.2) is 46.2 Å². The number of nitrogens with zero attached hydrogens (tertiary/aromatic N) is 4. The van der Waals surface area contributed by atoms with Gasteiger partial charge in [-0.2, -0.15) is 0 Å². The highest BCUT2D eigenvalue weighted by Crippen LogP contribution is 2.28. The number of thiophene rings is 1. The van der Waals surface area contributed by atoms with E-state index in [1.54, 1.807) is 23.5 Å². The minimum Gasteiger partial charge on any atom is -0.508 e. The number of hydrogen-bond acceptors (Lipinski definition) is 7. The normalized spacial score (nSPS) is 16.9. The number of phenolic OH excluding ortho intramolecular Hbond substituents is 1. The maximum Gasteiger partial charge on any atom is 0.257 e. The van der Waals surface area contributed by atoms with Crippen LogP contribution >= 0.6 is 11.3 Å². The highest BCUT2D eigenvalue weighted by molar-refractivity contribution is 7.13. The largest absolute Gasteiger partial charge is 0.508 e. The zero-order chi connectivity index (χ0) is 17.2. The van der Waals surface area contributed by atoms with Gasteiger partial charge in [-0.1, -0.05) is 6.07 Å². The molecule has 6 nitrogen and oxygen atoms in total. The second-order valence-electron chi connectivity index (χ2n) is 6.14. The third kappa shape index (κ3) is 3.38. The first-order valence-electron chi connectivity index (χ1n) is 8.36. The Morgan fingerprint density at radius 1 is 1.08 bits per heavy atom. The molecule has 3 aromatic rings. The molecule has 1 unspecified atom stereocenters. The number of aromatic hydroxyl groups is 1. The molecule has 1 fully saturated rings. The summed E-state index contributed by atoms with van der Waals surface area (Å²) >= 11 is 1.60. The molecular weight excluding hydrogens is 336 g/mol. The molecule has 1 aliphatic rings. The van der Waals surface area contributed by atoms with Crippen molar-refractivity contribution in [3.05, 3.63) is 47.7 Å². The summed E-state index contributed by atoms with van der Waals surface area (Å²) in [5, 5.41) is 19.8. The lowest BCUT2D eigenvalue weighted by Crippen LogP contribution is -2.47. The number of piperazine rings is 1. The van der Waals surface area contributed by atoms with Gasteiger partial charge in [-0.15, -0.1) is 21.5 Å². The van der Waals surface area contributed by atoms with Crippen molar-refractivity contribution >= 4 is 17.0 Å². The summed E-state index contributed by atoms with van der Waals surface area (Å²) in [7, 11) is 0. The van der Waals surface area contributed by atoms with Crippen LogP contribution in [0.25, 0.3) is 10.8 Å². The molecule has 130 valence electrons. The average Bonchev–Trinajstić information content (AvgIpc) is 3.33. The fourth-order valence-corrected chi connectivity index (χ4v) is 3.73. The van der Waals surface area contributed by atoms with Gasteiger partial charge in [0.2, 0.25) is 5.89 Å². The van der Waals surface area contributed by atoms with Crippen molar-refractivity contribution in [2.75, 3.05) is 31.1 Å². The van der Waals surface area contributed by atoms with E-state index >= 15 is 0 Å². The van der Waals surface area contributed by atoms with Crippen LogP contribution in [0.2, 0.25) is 0 Å². The van der Waals surface area contributed by atoms with E-state index in [2.05, 4.69) is 26.9 Å². The molecule has 1 aromatic carbocycles. The SMILES string of the molecule is CC(c1nnc(-c2cccs2)o1)N1CCN(c2ccc(O)cc2)CC1. The molecule has 25 heavy (non-hydrogen) atoms. The summed E-state index contributed by atoms with van der Waals surface area (Å²) in [6, 6.07) is 11.4. The Morgan fingerprint density at radius 3 is 2.52 bits per heavy atom. The number of benzene rings is 1. The first-order valence-corrected chi connectivity index (χ1v) is 9.24. The molecule has 0 amide bonds. The molecular formula is C18H20N4O2S. The molecule has 7 heteroatoms. The Kier molecular flexibility index (Phi) is 4.42. The van der Waals surface area contributed by atoms with E-state index in [1.165, 1.54) is 0 Å². The van der Waals surface area contributed by atoms with E-state index in [0.29, 0.717) is 17.5 Å². The van der Waals surface area contributed by atoms with Crippen molar-refractivity contribution in [2.45, 2.75) is 13.0 Å². The Balaban J connectivity index is 1.39. The molecule has 3 heterocycles. The molecule has 1 aliphatic heterocycles. The first kappa shape index (κ1) is 16.1. The van der Waals surface area contributed by atoms with Gasteiger partial charge in [-0.3, -0.25) is 4.90 Å². The minimum atomic E-state index is 0.100. The van der Waals surface area contributed by atoms with Crippen LogP contribution in [0.1, 0.15) is 18.9 Å². The summed E-state index contributed by atoms with van der Waals surface area (Å²) in [4.78, 5) is 5.69. The van der Waals surface area contributed by atoms with Gasteiger partial charge in [-0.25, -0.2) is 0 Å². The maximum atomic E-state index is 9.42. The van der Waals surface area contributed by atoms with Gasteiger partial charge in [0.1, 0.15) is 5.75 Å². The number of rotatable bonds is 4. The highest BCUT2D eigenvalue weighted by Gasteiger charge is 2.26. The zero-order valence-electron chi connectivity index (χ0n) is 14.0. The molecule has 2 aromatic heterocycles. The topological polar surface area (TPSA) is 65.6 Å². The Bertz CT molecular complexity index is 808. The van der Waals surface area contributed by atoms with E-state index in [-0.39, 0.29) is 6.04 Å². The van der Waals surface area contributed by atoms with Crippen LogP contribution in [-0.4, -0.2) is 46.4 Å². The van der Waals surface area contributed by atoms with Crippen molar-refractivity contribution in [1.29, 1.82) is 0 Å². The van der Waals surface area contributed by atoms with Gasteiger partial charge in [0, 0.05) is 31.9 Å². The minimum absolute atomic E-state index is 0.100. The molecule has 1 saturated heterocycles. The fourth-order valence-electron chi connectivity index (χ4n) is 3.09. The predicted molar refractivity (Wildman–Crippen MR) is 97.9 cm³/mol. The van der Waals surface area contributed by atoms with Crippen molar-refractivity contribution in [3.63, 3.8) is 0 Å². The lowest BCUT2D eigenvalue weighted by molar-refractivity contribution is 0.174. The van der Waals surface area contributed by atoms with Crippen LogP contribution in [-0.2, 0) is 0 Å². The van der Waals surface area contributed by atoms with Gasteiger partial charge >= 0.3 is 0 Å². The smallest absolute Gasteiger partial charge is 0.257 e. The van der Waals surface area contributed by atoms with Crippen LogP contribution in [0.4, 0.5) is 5.69 Å². The second-order valence-corrected chi connectivity index (χ2v) is 7.09. The van der Waals surface area contributed by atoms with E-state index in [9.17, 15) is 5.11 Å². The van der Waals surface area contributed by atoms with Gasteiger partial charge in [0.25, 0.3) is 5.89 Å². The summed E-state index contributed by atoms with van der Waals surface area (Å²) in [6.45, 7) is 5.83. The molecule has 1 atom stereocenters. The monoisotopic (exact) mass is 356 g/mol. The van der Waals surface area contributed by atoms with Crippen molar-refractivity contribution in [3.8, 4) is 16.5 Å². The second kappa shape index (κ2) is 6.85. The molecule has 1 N–H and O–H groups in total. The quantitative estimate of drug-likeness (QED) is 0.773. The van der Waals surface area contributed by atoms with Crippen LogP contribution in [0, 0.1) is 0 Å². The number of phenols is 1. The van der Waals surface area contributed by atoms with Gasteiger partial charge in [0.15, 0.2) is 0 Å². The van der Waals surface area contributed by atoms with Gasteiger partial charge < -0.3 is 14.4 Å². The summed E-state index contributed by atoms with van der Waals surface area (Å²) in [5.74, 6) is 1.56. The zero-order valence-corrected chi connectivity index (χ0v) is 14.8. The van der Waals surface area contributed by atoms with Crippen molar-refractivity contribution in [1.82, 2.24) is 15.1 Å². The summed E-state index contributed by atoms with van der Waals surface area (Å²) in [6.07, 6.45) is 0. The van der Waals surface area contributed by atoms with Gasteiger partial charge in [-0.05, 0) is 42.6 Å². The lowest BCUT2D eigenvalue weighted by Gasteiger charge is -2.38. The number of anilines is 1. The molecule has 0 spiro atoms. The lowest BCUT2D eigenvalue weighted by atomic mass is 10.2. The average molecular weight is 356 g/mol. The third-order valence-corrected chi connectivity index (χ3v) is 5.46. The molecule has 4 rings (SSSR count). The Hall–Kier alpha value is -2.38. The Morgan fingerprint density at radius 2 is 1.84 bits per heavy atom. The first-order chi connectivity index (χ1) is 12.2. The van der Waals surface area contributed by atoms with E-state index in [1.807, 2.05) is 29.6 Å². The summed E-state index contributed by atoms with van der Waals surface area (Å²) < 4.78 is 5.87. The molecule has 0 bridgehead atoms. The van der Waals surface area contributed by atoms with Crippen LogP contribution in [0.3, 0.4) is 0 Å². The third-order valence-electron chi connectivity index (χ3n) is 4.61. The van der Waals surface area contributed by atoms with Crippen LogP contribution in [0.5, 0.6) is 5.75 Å². The van der Waals surface area contributed by atoms with Crippen LogP contribution < -0.4 is 4.90 Å². The van der Waals surface area contributed by atoms with E-state index in [4.69, 9.17) is 4.42 Å². The molecule has 0 saturated carbocycles. The van der Waals surface area contributed by atoms with E-state index < -0.39 is 0 Å².